The number of nitrogens with one attached hydrogen (secondary N) is 2. The lowest BCUT2D eigenvalue weighted by molar-refractivity contribution is -0.114. The van der Waals surface area contributed by atoms with Crippen LogP contribution in [0, 0.1) is 0 Å². The van der Waals surface area contributed by atoms with Crippen LogP contribution >= 0.6 is 0 Å². The van der Waals surface area contributed by atoms with E-state index in [1.807, 2.05) is 19.1 Å². The summed E-state index contributed by atoms with van der Waals surface area (Å²) in [6.45, 7) is 6.71. The first-order chi connectivity index (χ1) is 13.0. The van der Waals surface area contributed by atoms with E-state index in [1.165, 1.54) is 12.6 Å². The summed E-state index contributed by atoms with van der Waals surface area (Å²) in [5, 5.41) is 5.70. The van der Waals surface area contributed by atoms with Crippen LogP contribution in [0.1, 0.15) is 35.8 Å². The number of anilines is 2. The molecule has 1 saturated heterocycles. The van der Waals surface area contributed by atoms with Gasteiger partial charge in [-0.25, -0.2) is 0 Å². The summed E-state index contributed by atoms with van der Waals surface area (Å²) >= 11 is 0. The van der Waals surface area contributed by atoms with Crippen molar-refractivity contribution in [2.75, 3.05) is 36.5 Å². The quantitative estimate of drug-likeness (QED) is 0.852. The minimum atomic E-state index is -0.174. The Morgan fingerprint density at radius 1 is 1.07 bits per heavy atom. The minimum Gasteiger partial charge on any atom is -0.378 e. The Kier molecular flexibility index (Phi) is 6.08. The third-order valence-electron chi connectivity index (χ3n) is 4.56. The van der Waals surface area contributed by atoms with E-state index in [0.717, 1.165) is 31.9 Å². The van der Waals surface area contributed by atoms with Crippen LogP contribution in [0.15, 0.2) is 48.5 Å². The van der Waals surface area contributed by atoms with Crippen LogP contribution in [-0.4, -0.2) is 38.1 Å². The number of benzene rings is 2. The topological polar surface area (TPSA) is 70.7 Å². The highest BCUT2D eigenvalue weighted by atomic mass is 16.5. The normalized spacial score (nSPS) is 15.1. The zero-order valence-electron chi connectivity index (χ0n) is 15.7. The summed E-state index contributed by atoms with van der Waals surface area (Å²) in [6, 6.07) is 15.0. The van der Waals surface area contributed by atoms with E-state index in [1.54, 1.807) is 24.3 Å². The number of rotatable bonds is 5. The van der Waals surface area contributed by atoms with Crippen molar-refractivity contribution in [3.8, 4) is 0 Å². The number of carbonyl (C=O) groups excluding carboxylic acids is 2. The maximum atomic E-state index is 12.5. The molecule has 1 heterocycles. The molecule has 0 aliphatic carbocycles. The number of amides is 2. The van der Waals surface area contributed by atoms with Gasteiger partial charge in [-0.05, 0) is 42.8 Å². The zero-order valence-corrected chi connectivity index (χ0v) is 15.7. The van der Waals surface area contributed by atoms with E-state index in [4.69, 9.17) is 4.74 Å². The van der Waals surface area contributed by atoms with E-state index in [9.17, 15) is 9.59 Å². The second-order valence-corrected chi connectivity index (χ2v) is 6.65. The number of hydrogen-bond donors (Lipinski definition) is 2. The minimum absolute atomic E-state index is 0.124. The van der Waals surface area contributed by atoms with Gasteiger partial charge in [-0.2, -0.15) is 0 Å². The Hall–Kier alpha value is -2.86. The van der Waals surface area contributed by atoms with Gasteiger partial charge in [0, 0.05) is 37.0 Å². The fraction of sp³-hybridized carbons (Fsp3) is 0.333. The van der Waals surface area contributed by atoms with E-state index in [0.29, 0.717) is 11.3 Å². The molecule has 0 radical (unpaired) electrons. The molecular formula is C21H25N3O3. The Morgan fingerprint density at radius 3 is 2.44 bits per heavy atom. The van der Waals surface area contributed by atoms with Gasteiger partial charge in [-0.1, -0.05) is 18.2 Å². The predicted molar refractivity (Wildman–Crippen MR) is 106 cm³/mol. The zero-order chi connectivity index (χ0) is 19.2. The summed E-state index contributed by atoms with van der Waals surface area (Å²) in [7, 11) is 0. The molecule has 27 heavy (non-hydrogen) atoms. The Morgan fingerprint density at radius 2 is 1.78 bits per heavy atom. The number of morpholine rings is 1. The molecule has 2 aromatic carbocycles. The fourth-order valence-corrected chi connectivity index (χ4v) is 3.10. The van der Waals surface area contributed by atoms with Gasteiger partial charge in [0.2, 0.25) is 5.91 Å². The van der Waals surface area contributed by atoms with Crippen molar-refractivity contribution in [3.63, 3.8) is 0 Å². The third-order valence-corrected chi connectivity index (χ3v) is 4.56. The second-order valence-electron chi connectivity index (χ2n) is 6.65. The molecule has 1 atom stereocenters. The Bertz CT molecular complexity index is 799. The summed E-state index contributed by atoms with van der Waals surface area (Å²) in [4.78, 5) is 26.0. The van der Waals surface area contributed by atoms with E-state index in [-0.39, 0.29) is 17.9 Å². The standard InChI is InChI=1S/C21H25N3O3/c1-15(17-6-8-20(9-7-17)24-10-12-27-13-11-24)22-21(26)18-4-3-5-19(14-18)23-16(2)25/h3-9,14-15H,10-13H2,1-2H3,(H,22,26)(H,23,25). The van der Waals surface area contributed by atoms with Crippen LogP contribution in [0.25, 0.3) is 0 Å². The molecule has 2 N–H and O–H groups in total. The van der Waals surface area contributed by atoms with Crippen molar-refractivity contribution >= 4 is 23.2 Å². The van der Waals surface area contributed by atoms with Crippen LogP contribution in [0.4, 0.5) is 11.4 Å². The summed E-state index contributed by atoms with van der Waals surface area (Å²) in [6.07, 6.45) is 0. The first-order valence-electron chi connectivity index (χ1n) is 9.14. The highest BCUT2D eigenvalue weighted by Gasteiger charge is 2.14. The Balaban J connectivity index is 1.63. The monoisotopic (exact) mass is 367 g/mol. The molecule has 3 rings (SSSR count). The van der Waals surface area contributed by atoms with Gasteiger partial charge in [-0.3, -0.25) is 9.59 Å². The summed E-state index contributed by atoms with van der Waals surface area (Å²) < 4.78 is 5.39. The van der Waals surface area contributed by atoms with Gasteiger partial charge >= 0.3 is 0 Å². The van der Waals surface area contributed by atoms with Gasteiger partial charge in [0.1, 0.15) is 0 Å². The van der Waals surface area contributed by atoms with Crippen molar-refractivity contribution < 1.29 is 14.3 Å². The summed E-state index contributed by atoms with van der Waals surface area (Å²) in [5.74, 6) is -0.340. The van der Waals surface area contributed by atoms with Crippen molar-refractivity contribution in [3.05, 3.63) is 59.7 Å². The van der Waals surface area contributed by atoms with Gasteiger partial charge < -0.3 is 20.3 Å². The lowest BCUT2D eigenvalue weighted by atomic mass is 10.1. The Labute approximate surface area is 159 Å². The van der Waals surface area contributed by atoms with E-state index in [2.05, 4.69) is 27.7 Å². The van der Waals surface area contributed by atoms with Crippen LogP contribution in [0.5, 0.6) is 0 Å². The van der Waals surface area contributed by atoms with Crippen molar-refractivity contribution in [1.29, 1.82) is 0 Å². The molecule has 0 bridgehead atoms. The molecule has 142 valence electrons. The molecule has 0 aromatic heterocycles. The average Bonchev–Trinajstić information content (AvgIpc) is 2.68. The number of hydrogen-bond acceptors (Lipinski definition) is 4. The molecule has 0 saturated carbocycles. The lowest BCUT2D eigenvalue weighted by Gasteiger charge is -2.29. The molecular weight excluding hydrogens is 342 g/mol. The third kappa shape index (κ3) is 5.08. The smallest absolute Gasteiger partial charge is 0.251 e. The van der Waals surface area contributed by atoms with Crippen molar-refractivity contribution in [2.24, 2.45) is 0 Å². The molecule has 0 spiro atoms. The van der Waals surface area contributed by atoms with Gasteiger partial charge in [0.25, 0.3) is 5.91 Å². The fourth-order valence-electron chi connectivity index (χ4n) is 3.10. The predicted octanol–water partition coefficient (Wildman–Crippen LogP) is 2.97. The first-order valence-corrected chi connectivity index (χ1v) is 9.14. The first kappa shape index (κ1) is 18.9. The maximum absolute atomic E-state index is 12.5. The second kappa shape index (κ2) is 8.68. The lowest BCUT2D eigenvalue weighted by Crippen LogP contribution is -2.36. The van der Waals surface area contributed by atoms with Gasteiger partial charge in [-0.15, -0.1) is 0 Å². The number of carbonyl (C=O) groups is 2. The molecule has 6 heteroatoms. The maximum Gasteiger partial charge on any atom is 0.251 e. The molecule has 1 aliphatic rings. The average molecular weight is 367 g/mol. The van der Waals surface area contributed by atoms with Crippen LogP contribution in [0.2, 0.25) is 0 Å². The van der Waals surface area contributed by atoms with Gasteiger partial charge in [0.05, 0.1) is 19.3 Å². The summed E-state index contributed by atoms with van der Waals surface area (Å²) in [5.41, 5.74) is 3.33. The van der Waals surface area contributed by atoms with Crippen LogP contribution < -0.4 is 15.5 Å². The largest absolute Gasteiger partial charge is 0.378 e. The molecule has 2 amide bonds. The molecule has 1 aliphatic heterocycles. The molecule has 1 unspecified atom stereocenters. The van der Waals surface area contributed by atoms with Crippen molar-refractivity contribution in [1.82, 2.24) is 5.32 Å². The van der Waals surface area contributed by atoms with Crippen LogP contribution in [0.3, 0.4) is 0 Å². The molecule has 2 aromatic rings. The van der Waals surface area contributed by atoms with Crippen molar-refractivity contribution in [2.45, 2.75) is 19.9 Å². The SMILES string of the molecule is CC(=O)Nc1cccc(C(=O)NC(C)c2ccc(N3CCOCC3)cc2)c1. The molecule has 1 fully saturated rings. The number of ether oxygens (including phenoxy) is 1. The van der Waals surface area contributed by atoms with Gasteiger partial charge in [0.15, 0.2) is 0 Å². The number of nitrogens with zero attached hydrogens (tertiary/aromatic N) is 1. The van der Waals surface area contributed by atoms with E-state index < -0.39 is 0 Å². The highest BCUT2D eigenvalue weighted by molar-refractivity contribution is 5.97. The molecule has 6 nitrogen and oxygen atoms in total. The highest BCUT2D eigenvalue weighted by Crippen LogP contribution is 2.21. The van der Waals surface area contributed by atoms with Crippen LogP contribution in [-0.2, 0) is 9.53 Å². The van der Waals surface area contributed by atoms with E-state index >= 15 is 0 Å².